The van der Waals surface area contributed by atoms with Crippen LogP contribution in [0.15, 0.2) is 22.7 Å². The molecule has 3 rings (SSSR count). The Morgan fingerprint density at radius 3 is 2.75 bits per heavy atom. The first-order valence-electron chi connectivity index (χ1n) is 7.26. The highest BCUT2D eigenvalue weighted by atomic mass is 19.1. The van der Waals surface area contributed by atoms with Gasteiger partial charge in [0.2, 0.25) is 5.89 Å². The number of rotatable bonds is 4. The van der Waals surface area contributed by atoms with Crippen LogP contribution >= 0.6 is 0 Å². The van der Waals surface area contributed by atoms with Crippen molar-refractivity contribution in [2.75, 3.05) is 0 Å². The lowest BCUT2D eigenvalue weighted by atomic mass is 9.91. The standard InChI is InChI=1S/C15H14F2N4O3/c1-3-11-18-12(24-20-11)7-21-13(22)15(2,19-14(21)23)9-6-8(16)4-5-10(9)17/h4-6H,3,7H2,1-2H3,(H,19,23). The van der Waals surface area contributed by atoms with Gasteiger partial charge in [0.1, 0.15) is 23.7 Å². The van der Waals surface area contributed by atoms with E-state index in [1.807, 2.05) is 6.92 Å². The van der Waals surface area contributed by atoms with Gasteiger partial charge in [-0.25, -0.2) is 13.6 Å². The Morgan fingerprint density at radius 2 is 2.08 bits per heavy atom. The number of hydrogen-bond donors (Lipinski definition) is 1. The van der Waals surface area contributed by atoms with Crippen LogP contribution in [0.1, 0.15) is 31.1 Å². The Kier molecular flexibility index (Phi) is 3.78. The molecule has 126 valence electrons. The molecule has 2 heterocycles. The average Bonchev–Trinajstić information content (AvgIpc) is 3.09. The van der Waals surface area contributed by atoms with Crippen molar-refractivity contribution in [3.05, 3.63) is 47.1 Å². The molecule has 1 fully saturated rings. The van der Waals surface area contributed by atoms with Crippen molar-refractivity contribution in [1.29, 1.82) is 0 Å². The van der Waals surface area contributed by atoms with Gasteiger partial charge in [-0.2, -0.15) is 4.98 Å². The summed E-state index contributed by atoms with van der Waals surface area (Å²) in [5.41, 5.74) is -1.96. The van der Waals surface area contributed by atoms with E-state index in [1.54, 1.807) is 0 Å². The molecule has 0 spiro atoms. The highest BCUT2D eigenvalue weighted by Crippen LogP contribution is 2.31. The van der Waals surface area contributed by atoms with Gasteiger partial charge in [0, 0.05) is 12.0 Å². The van der Waals surface area contributed by atoms with Crippen LogP contribution in [0.2, 0.25) is 0 Å². The lowest BCUT2D eigenvalue weighted by molar-refractivity contribution is -0.131. The quantitative estimate of drug-likeness (QED) is 0.861. The van der Waals surface area contributed by atoms with Crippen LogP contribution in [-0.2, 0) is 23.3 Å². The third-order valence-electron chi connectivity index (χ3n) is 3.86. The summed E-state index contributed by atoms with van der Waals surface area (Å²) in [6.07, 6.45) is 0.538. The number of imide groups is 1. The normalized spacial score (nSPS) is 20.6. The smallest absolute Gasteiger partial charge is 0.325 e. The first kappa shape index (κ1) is 16.0. The SMILES string of the molecule is CCc1noc(CN2C(=O)NC(C)(c3cc(F)ccc3F)C2=O)n1. The summed E-state index contributed by atoms with van der Waals surface area (Å²) in [5, 5.41) is 6.08. The van der Waals surface area contributed by atoms with E-state index in [-0.39, 0.29) is 18.0 Å². The zero-order valence-electron chi connectivity index (χ0n) is 13.0. The van der Waals surface area contributed by atoms with Crippen molar-refractivity contribution < 1.29 is 22.9 Å². The van der Waals surface area contributed by atoms with Crippen molar-refractivity contribution in [2.24, 2.45) is 0 Å². The number of aryl methyl sites for hydroxylation is 1. The summed E-state index contributed by atoms with van der Waals surface area (Å²) in [6.45, 7) is 2.90. The van der Waals surface area contributed by atoms with E-state index in [9.17, 15) is 18.4 Å². The Labute approximate surface area is 135 Å². The molecule has 1 aromatic heterocycles. The number of carbonyl (C=O) groups is 2. The Morgan fingerprint density at radius 1 is 1.33 bits per heavy atom. The lowest BCUT2D eigenvalue weighted by Crippen LogP contribution is -2.41. The third kappa shape index (κ3) is 2.51. The second-order valence-electron chi connectivity index (χ2n) is 5.53. The number of nitrogens with zero attached hydrogens (tertiary/aromatic N) is 3. The monoisotopic (exact) mass is 336 g/mol. The van der Waals surface area contributed by atoms with E-state index in [0.29, 0.717) is 12.2 Å². The molecule has 1 saturated heterocycles. The average molecular weight is 336 g/mol. The number of hydrogen-bond acceptors (Lipinski definition) is 5. The molecular weight excluding hydrogens is 322 g/mol. The third-order valence-corrected chi connectivity index (χ3v) is 3.86. The molecule has 2 aromatic rings. The molecule has 7 nitrogen and oxygen atoms in total. The van der Waals surface area contributed by atoms with Gasteiger partial charge in [-0.05, 0) is 25.1 Å². The van der Waals surface area contributed by atoms with Gasteiger partial charge >= 0.3 is 6.03 Å². The number of benzene rings is 1. The highest BCUT2D eigenvalue weighted by Gasteiger charge is 2.50. The first-order chi connectivity index (χ1) is 11.3. The van der Waals surface area contributed by atoms with Crippen molar-refractivity contribution in [3.63, 3.8) is 0 Å². The molecule has 1 aliphatic heterocycles. The van der Waals surface area contributed by atoms with Crippen molar-refractivity contribution in [1.82, 2.24) is 20.4 Å². The zero-order valence-corrected chi connectivity index (χ0v) is 13.0. The van der Waals surface area contributed by atoms with E-state index in [1.165, 1.54) is 6.92 Å². The van der Waals surface area contributed by atoms with Gasteiger partial charge < -0.3 is 9.84 Å². The molecule has 3 amide bonds. The maximum atomic E-state index is 14.0. The second kappa shape index (κ2) is 5.66. The Balaban J connectivity index is 1.91. The van der Waals surface area contributed by atoms with Crippen LogP contribution in [0.5, 0.6) is 0 Å². The molecule has 9 heteroatoms. The molecule has 1 N–H and O–H groups in total. The number of aromatic nitrogens is 2. The van der Waals surface area contributed by atoms with Crippen LogP contribution in [0.25, 0.3) is 0 Å². The van der Waals surface area contributed by atoms with Crippen molar-refractivity contribution in [2.45, 2.75) is 32.4 Å². The summed E-state index contributed by atoms with van der Waals surface area (Å²) in [7, 11) is 0. The zero-order chi connectivity index (χ0) is 17.5. The van der Waals surface area contributed by atoms with E-state index in [0.717, 1.165) is 23.1 Å². The van der Waals surface area contributed by atoms with E-state index in [4.69, 9.17) is 4.52 Å². The molecule has 1 aromatic carbocycles. The predicted octanol–water partition coefficient (Wildman–Crippen LogP) is 1.88. The maximum absolute atomic E-state index is 14.0. The maximum Gasteiger partial charge on any atom is 0.325 e. The number of amides is 3. The fourth-order valence-electron chi connectivity index (χ4n) is 2.54. The first-order valence-corrected chi connectivity index (χ1v) is 7.26. The largest absolute Gasteiger partial charge is 0.337 e. The molecule has 0 saturated carbocycles. The van der Waals surface area contributed by atoms with E-state index in [2.05, 4.69) is 15.5 Å². The van der Waals surface area contributed by atoms with E-state index < -0.39 is 29.1 Å². The van der Waals surface area contributed by atoms with E-state index >= 15 is 0 Å². The van der Waals surface area contributed by atoms with Crippen LogP contribution < -0.4 is 5.32 Å². The Hall–Kier alpha value is -2.84. The lowest BCUT2D eigenvalue weighted by Gasteiger charge is -2.22. The predicted molar refractivity (Wildman–Crippen MR) is 76.5 cm³/mol. The second-order valence-corrected chi connectivity index (χ2v) is 5.53. The van der Waals surface area contributed by atoms with Crippen LogP contribution in [0.3, 0.4) is 0 Å². The fraction of sp³-hybridized carbons (Fsp3) is 0.333. The summed E-state index contributed by atoms with van der Waals surface area (Å²) in [5.74, 6) is -1.71. The summed E-state index contributed by atoms with van der Waals surface area (Å²) in [6, 6.07) is 1.98. The van der Waals surface area contributed by atoms with Crippen LogP contribution in [0, 0.1) is 11.6 Å². The minimum atomic E-state index is -1.71. The molecule has 1 unspecified atom stereocenters. The van der Waals surface area contributed by atoms with Gasteiger partial charge in [-0.1, -0.05) is 12.1 Å². The summed E-state index contributed by atoms with van der Waals surface area (Å²) >= 11 is 0. The van der Waals surface area contributed by atoms with Gasteiger partial charge in [0.05, 0.1) is 0 Å². The number of carbonyl (C=O) groups excluding carboxylic acids is 2. The van der Waals surface area contributed by atoms with Crippen molar-refractivity contribution >= 4 is 11.9 Å². The van der Waals surface area contributed by atoms with Gasteiger partial charge in [-0.15, -0.1) is 0 Å². The van der Waals surface area contributed by atoms with Gasteiger partial charge in [0.25, 0.3) is 5.91 Å². The fourth-order valence-corrected chi connectivity index (χ4v) is 2.54. The van der Waals surface area contributed by atoms with Gasteiger partial charge in [-0.3, -0.25) is 9.69 Å². The summed E-state index contributed by atoms with van der Waals surface area (Å²) in [4.78, 5) is 29.6. The number of urea groups is 1. The molecule has 0 radical (unpaired) electrons. The topological polar surface area (TPSA) is 88.3 Å². The molecule has 0 aliphatic carbocycles. The molecular formula is C15H14F2N4O3. The van der Waals surface area contributed by atoms with Crippen LogP contribution in [0.4, 0.5) is 13.6 Å². The summed E-state index contributed by atoms with van der Waals surface area (Å²) < 4.78 is 32.4. The molecule has 1 atom stereocenters. The minimum absolute atomic E-state index is 0.0827. The van der Waals surface area contributed by atoms with Gasteiger partial charge in [0.15, 0.2) is 5.82 Å². The molecule has 24 heavy (non-hydrogen) atoms. The molecule has 1 aliphatic rings. The van der Waals surface area contributed by atoms with Crippen LogP contribution in [-0.4, -0.2) is 27.0 Å². The molecule has 0 bridgehead atoms. The Bertz CT molecular complexity index is 823. The number of halogens is 2. The minimum Gasteiger partial charge on any atom is -0.337 e. The number of nitrogens with one attached hydrogen (secondary N) is 1. The van der Waals surface area contributed by atoms with Crippen molar-refractivity contribution in [3.8, 4) is 0 Å². The highest BCUT2D eigenvalue weighted by molar-refractivity contribution is 6.07.